The number of nitriles is 1. The first-order valence-corrected chi connectivity index (χ1v) is 5.50. The van der Waals surface area contributed by atoms with Gasteiger partial charge in [0.05, 0.1) is 16.1 Å². The fourth-order valence-electron chi connectivity index (χ4n) is 1.33. The molecule has 74 valence electrons. The van der Waals surface area contributed by atoms with Crippen LogP contribution in [0.25, 0.3) is 10.4 Å². The number of nitrogens with zero attached hydrogens (tertiary/aromatic N) is 2. The van der Waals surface area contributed by atoms with Crippen LogP contribution in [-0.4, -0.2) is 4.37 Å². The summed E-state index contributed by atoms with van der Waals surface area (Å²) in [6.45, 7) is 1.83. The van der Waals surface area contributed by atoms with Gasteiger partial charge in [0, 0.05) is 10.6 Å². The first-order chi connectivity index (χ1) is 7.24. The highest BCUT2D eigenvalue weighted by atomic mass is 35.5. The highest BCUT2D eigenvalue weighted by molar-refractivity contribution is 7.10. The SMILES string of the molecule is Cc1nsc(-c2ccccc2Cl)c1C#N. The van der Waals surface area contributed by atoms with E-state index in [9.17, 15) is 0 Å². The molecule has 0 fully saturated rings. The number of hydrogen-bond acceptors (Lipinski definition) is 3. The van der Waals surface area contributed by atoms with Crippen molar-refractivity contribution in [3.05, 3.63) is 40.5 Å². The lowest BCUT2D eigenvalue weighted by atomic mass is 10.1. The molecule has 0 aliphatic carbocycles. The van der Waals surface area contributed by atoms with E-state index in [1.807, 2.05) is 31.2 Å². The van der Waals surface area contributed by atoms with Gasteiger partial charge in [-0.15, -0.1) is 0 Å². The minimum atomic E-state index is 0.619. The van der Waals surface area contributed by atoms with Crippen molar-refractivity contribution in [2.45, 2.75) is 6.92 Å². The van der Waals surface area contributed by atoms with Gasteiger partial charge in [0.2, 0.25) is 0 Å². The van der Waals surface area contributed by atoms with Crippen molar-refractivity contribution in [3.8, 4) is 16.5 Å². The third-order valence-electron chi connectivity index (χ3n) is 2.09. The van der Waals surface area contributed by atoms with Crippen molar-refractivity contribution < 1.29 is 0 Å². The molecule has 2 aromatic rings. The lowest BCUT2D eigenvalue weighted by Crippen LogP contribution is -1.81. The molecule has 2 nitrogen and oxygen atoms in total. The number of benzene rings is 1. The molecule has 4 heteroatoms. The van der Waals surface area contributed by atoms with Crippen LogP contribution in [0.15, 0.2) is 24.3 Å². The van der Waals surface area contributed by atoms with Crippen molar-refractivity contribution >= 4 is 23.1 Å². The summed E-state index contributed by atoms with van der Waals surface area (Å²) in [7, 11) is 0. The summed E-state index contributed by atoms with van der Waals surface area (Å²) in [5.74, 6) is 0. The third-order valence-corrected chi connectivity index (χ3v) is 3.39. The molecule has 0 saturated heterocycles. The van der Waals surface area contributed by atoms with Crippen LogP contribution in [0.1, 0.15) is 11.3 Å². The lowest BCUT2D eigenvalue weighted by molar-refractivity contribution is 1.31. The van der Waals surface area contributed by atoms with E-state index in [0.29, 0.717) is 10.6 Å². The minimum Gasteiger partial charge on any atom is -0.196 e. The van der Waals surface area contributed by atoms with Crippen molar-refractivity contribution in [2.24, 2.45) is 0 Å². The van der Waals surface area contributed by atoms with Gasteiger partial charge in [-0.25, -0.2) is 0 Å². The van der Waals surface area contributed by atoms with Crippen molar-refractivity contribution in [3.63, 3.8) is 0 Å². The Kier molecular flexibility index (Phi) is 2.72. The molecule has 0 N–H and O–H groups in total. The van der Waals surface area contributed by atoms with E-state index >= 15 is 0 Å². The van der Waals surface area contributed by atoms with Gasteiger partial charge in [-0.3, -0.25) is 0 Å². The average Bonchev–Trinajstić information content (AvgIpc) is 2.60. The van der Waals surface area contributed by atoms with Gasteiger partial charge in [-0.05, 0) is 24.5 Å². The normalized spacial score (nSPS) is 9.93. The van der Waals surface area contributed by atoms with Gasteiger partial charge in [-0.2, -0.15) is 9.64 Å². The highest BCUT2D eigenvalue weighted by Crippen LogP contribution is 2.34. The molecule has 1 aromatic carbocycles. The first kappa shape index (κ1) is 10.2. The Labute approximate surface area is 96.9 Å². The van der Waals surface area contributed by atoms with Crippen LogP contribution in [-0.2, 0) is 0 Å². The molecule has 0 saturated carbocycles. The zero-order chi connectivity index (χ0) is 10.8. The molecule has 0 radical (unpaired) electrons. The number of aryl methyl sites for hydroxylation is 1. The zero-order valence-electron chi connectivity index (χ0n) is 7.99. The molecule has 0 atom stereocenters. The molecule has 0 unspecified atom stereocenters. The van der Waals surface area contributed by atoms with Crippen LogP contribution in [0.4, 0.5) is 0 Å². The summed E-state index contributed by atoms with van der Waals surface area (Å²) in [5, 5.41) is 9.66. The molecule has 1 aromatic heterocycles. The first-order valence-electron chi connectivity index (χ1n) is 4.35. The quantitative estimate of drug-likeness (QED) is 0.755. The molecule has 15 heavy (non-hydrogen) atoms. The molecule has 1 heterocycles. The van der Waals surface area contributed by atoms with Crippen LogP contribution in [0, 0.1) is 18.3 Å². The summed E-state index contributed by atoms with van der Waals surface area (Å²) >= 11 is 7.38. The second-order valence-electron chi connectivity index (χ2n) is 3.06. The van der Waals surface area contributed by atoms with E-state index < -0.39 is 0 Å². The molecule has 2 rings (SSSR count). The van der Waals surface area contributed by atoms with E-state index in [2.05, 4.69) is 10.4 Å². The van der Waals surface area contributed by atoms with E-state index in [1.54, 1.807) is 0 Å². The Morgan fingerprint density at radius 2 is 2.13 bits per heavy atom. The van der Waals surface area contributed by atoms with Crippen molar-refractivity contribution in [1.82, 2.24) is 4.37 Å². The van der Waals surface area contributed by atoms with E-state index in [-0.39, 0.29) is 0 Å². The Balaban J connectivity index is 2.66. The van der Waals surface area contributed by atoms with Crippen LogP contribution in [0.2, 0.25) is 5.02 Å². The van der Waals surface area contributed by atoms with Gasteiger partial charge in [0.15, 0.2) is 0 Å². The number of aromatic nitrogens is 1. The Morgan fingerprint density at radius 1 is 1.40 bits per heavy atom. The smallest absolute Gasteiger partial charge is 0.103 e. The Hall–Kier alpha value is -1.37. The molecule has 0 amide bonds. The maximum absolute atomic E-state index is 9.01. The van der Waals surface area contributed by atoms with Gasteiger partial charge in [0.1, 0.15) is 6.07 Å². The summed E-state index contributed by atoms with van der Waals surface area (Å²) in [6, 6.07) is 9.64. The zero-order valence-corrected chi connectivity index (χ0v) is 9.56. The maximum Gasteiger partial charge on any atom is 0.103 e. The Morgan fingerprint density at radius 3 is 2.80 bits per heavy atom. The fourth-order valence-corrected chi connectivity index (χ4v) is 2.50. The number of halogens is 1. The molecule has 0 aliphatic rings. The number of hydrogen-bond donors (Lipinski definition) is 0. The lowest BCUT2D eigenvalue weighted by Gasteiger charge is -2.00. The van der Waals surface area contributed by atoms with Gasteiger partial charge >= 0.3 is 0 Å². The topological polar surface area (TPSA) is 36.7 Å². The summed E-state index contributed by atoms with van der Waals surface area (Å²) in [5.41, 5.74) is 2.26. The molecule has 0 bridgehead atoms. The minimum absolute atomic E-state index is 0.619. The standard InChI is InChI=1S/C11H7ClN2S/c1-7-9(6-13)11(15-14-7)8-4-2-3-5-10(8)12/h2-5H,1H3. The van der Waals surface area contributed by atoms with Gasteiger partial charge in [-0.1, -0.05) is 29.8 Å². The largest absolute Gasteiger partial charge is 0.196 e. The maximum atomic E-state index is 9.01. The second kappa shape index (κ2) is 4.01. The van der Waals surface area contributed by atoms with Gasteiger partial charge < -0.3 is 0 Å². The van der Waals surface area contributed by atoms with Crippen molar-refractivity contribution in [2.75, 3.05) is 0 Å². The van der Waals surface area contributed by atoms with Crippen LogP contribution >= 0.6 is 23.1 Å². The number of rotatable bonds is 1. The molecular weight excluding hydrogens is 228 g/mol. The van der Waals surface area contributed by atoms with E-state index in [4.69, 9.17) is 16.9 Å². The fraction of sp³-hybridized carbons (Fsp3) is 0.0909. The highest BCUT2D eigenvalue weighted by Gasteiger charge is 2.13. The molecular formula is C11H7ClN2S. The average molecular weight is 235 g/mol. The summed E-state index contributed by atoms with van der Waals surface area (Å²) < 4.78 is 4.17. The summed E-state index contributed by atoms with van der Waals surface area (Å²) in [6.07, 6.45) is 0. The van der Waals surface area contributed by atoms with Crippen LogP contribution in [0.5, 0.6) is 0 Å². The Bertz CT molecular complexity index is 540. The van der Waals surface area contributed by atoms with Gasteiger partial charge in [0.25, 0.3) is 0 Å². The molecule has 0 aliphatic heterocycles. The predicted octanol–water partition coefficient (Wildman–Crippen LogP) is 3.64. The van der Waals surface area contributed by atoms with E-state index in [1.165, 1.54) is 11.5 Å². The monoisotopic (exact) mass is 234 g/mol. The van der Waals surface area contributed by atoms with Crippen LogP contribution < -0.4 is 0 Å². The summed E-state index contributed by atoms with van der Waals surface area (Å²) in [4.78, 5) is 0.848. The predicted molar refractivity (Wildman–Crippen MR) is 62.0 cm³/mol. The second-order valence-corrected chi connectivity index (χ2v) is 4.24. The van der Waals surface area contributed by atoms with Crippen molar-refractivity contribution in [1.29, 1.82) is 5.26 Å². The van der Waals surface area contributed by atoms with Crippen LogP contribution in [0.3, 0.4) is 0 Å². The van der Waals surface area contributed by atoms with E-state index in [0.717, 1.165) is 16.1 Å². The third kappa shape index (κ3) is 1.74. The molecule has 0 spiro atoms.